The van der Waals surface area contributed by atoms with Gasteiger partial charge in [-0.1, -0.05) is 11.8 Å². The summed E-state index contributed by atoms with van der Waals surface area (Å²) in [6, 6.07) is 4.85. The molecule has 1 atom stereocenters. The second-order valence-corrected chi connectivity index (χ2v) is 6.83. The van der Waals surface area contributed by atoms with Crippen molar-refractivity contribution in [1.82, 2.24) is 9.88 Å². The van der Waals surface area contributed by atoms with Crippen LogP contribution in [0.1, 0.15) is 12.3 Å². The highest BCUT2D eigenvalue weighted by molar-refractivity contribution is 8.00. The summed E-state index contributed by atoms with van der Waals surface area (Å²) < 4.78 is 16.5. The van der Waals surface area contributed by atoms with Crippen molar-refractivity contribution in [2.24, 2.45) is 0 Å². The highest BCUT2D eigenvalue weighted by Gasteiger charge is 2.26. The fourth-order valence-corrected chi connectivity index (χ4v) is 4.18. The molecule has 4 rings (SSSR count). The summed E-state index contributed by atoms with van der Waals surface area (Å²) in [5.41, 5.74) is 1.36. The number of hydrogen-bond acceptors (Lipinski definition) is 4. The highest BCUT2D eigenvalue weighted by atomic mass is 32.2. The first kappa shape index (κ1) is 13.2. The van der Waals surface area contributed by atoms with E-state index in [1.54, 1.807) is 17.8 Å². The lowest BCUT2D eigenvalue weighted by molar-refractivity contribution is 0.566. The summed E-state index contributed by atoms with van der Waals surface area (Å²) in [6.07, 6.45) is 0. The van der Waals surface area contributed by atoms with Gasteiger partial charge >= 0.3 is 0 Å². The number of fused-ring (bicyclic) bond motifs is 3. The highest BCUT2D eigenvalue weighted by Crippen LogP contribution is 2.44. The molecule has 0 aliphatic carbocycles. The molecule has 1 unspecified atom stereocenters. The average Bonchev–Trinajstić information content (AvgIpc) is 2.48. The summed E-state index contributed by atoms with van der Waals surface area (Å²) in [5.74, 6) is -0.304. The molecule has 21 heavy (non-hydrogen) atoms. The Labute approximate surface area is 125 Å². The zero-order chi connectivity index (χ0) is 14.6. The zero-order valence-corrected chi connectivity index (χ0v) is 12.5. The Balaban J connectivity index is 1.93. The van der Waals surface area contributed by atoms with Crippen LogP contribution in [-0.2, 0) is 0 Å². The SMILES string of the molecule is CC1Sc2cc(=O)c3cc(F)c(N4CCNCC4)cc3n21. The van der Waals surface area contributed by atoms with E-state index in [2.05, 4.69) is 16.8 Å². The third-order valence-corrected chi connectivity index (χ3v) is 5.30. The lowest BCUT2D eigenvalue weighted by Crippen LogP contribution is -2.44. The van der Waals surface area contributed by atoms with E-state index in [0.29, 0.717) is 16.4 Å². The van der Waals surface area contributed by atoms with E-state index < -0.39 is 0 Å². The summed E-state index contributed by atoms with van der Waals surface area (Å²) >= 11 is 1.67. The van der Waals surface area contributed by atoms with Gasteiger partial charge in [-0.25, -0.2) is 4.39 Å². The smallest absolute Gasteiger partial charge is 0.190 e. The van der Waals surface area contributed by atoms with E-state index >= 15 is 0 Å². The number of piperazine rings is 1. The third-order valence-electron chi connectivity index (χ3n) is 4.19. The van der Waals surface area contributed by atoms with Crippen LogP contribution in [0.5, 0.6) is 0 Å². The average molecular weight is 305 g/mol. The Morgan fingerprint density at radius 1 is 1.29 bits per heavy atom. The largest absolute Gasteiger partial charge is 0.367 e. The Morgan fingerprint density at radius 3 is 2.76 bits per heavy atom. The Hall–Kier alpha value is -1.53. The van der Waals surface area contributed by atoms with E-state index in [9.17, 15) is 9.18 Å². The number of benzene rings is 1. The second-order valence-electron chi connectivity index (χ2n) is 5.49. The van der Waals surface area contributed by atoms with Crippen LogP contribution in [0.2, 0.25) is 0 Å². The first-order valence-corrected chi connectivity index (χ1v) is 8.04. The van der Waals surface area contributed by atoms with Gasteiger partial charge in [0.25, 0.3) is 0 Å². The molecule has 3 heterocycles. The van der Waals surface area contributed by atoms with Gasteiger partial charge in [0, 0.05) is 37.6 Å². The molecule has 1 N–H and O–H groups in total. The van der Waals surface area contributed by atoms with Gasteiger partial charge in [0.2, 0.25) is 0 Å². The molecule has 2 aromatic rings. The van der Waals surface area contributed by atoms with Crippen molar-refractivity contribution < 1.29 is 4.39 Å². The first-order chi connectivity index (χ1) is 10.1. The number of rotatable bonds is 1. The Bertz CT molecular complexity index is 783. The number of nitrogens with one attached hydrogen (secondary N) is 1. The minimum absolute atomic E-state index is 0.0959. The predicted octanol–water partition coefficient (Wildman–Crippen LogP) is 2.17. The number of aromatic nitrogens is 1. The number of thioether (sulfide) groups is 1. The van der Waals surface area contributed by atoms with Crippen LogP contribution >= 0.6 is 11.8 Å². The van der Waals surface area contributed by atoms with Gasteiger partial charge in [-0.05, 0) is 19.1 Å². The summed E-state index contributed by atoms with van der Waals surface area (Å²) in [6.45, 7) is 5.38. The summed E-state index contributed by atoms with van der Waals surface area (Å²) in [5, 5.41) is 5.01. The number of halogens is 1. The van der Waals surface area contributed by atoms with Crippen molar-refractivity contribution in [3.05, 3.63) is 34.2 Å². The molecule has 0 saturated carbocycles. The van der Waals surface area contributed by atoms with Crippen LogP contribution in [-0.4, -0.2) is 30.7 Å². The van der Waals surface area contributed by atoms with Crippen molar-refractivity contribution in [2.75, 3.05) is 31.1 Å². The van der Waals surface area contributed by atoms with Gasteiger partial charge in [0.05, 0.1) is 21.6 Å². The molecule has 2 aliphatic heterocycles. The van der Waals surface area contributed by atoms with Crippen molar-refractivity contribution in [2.45, 2.75) is 17.3 Å². The maximum Gasteiger partial charge on any atom is 0.190 e. The lowest BCUT2D eigenvalue weighted by atomic mass is 10.1. The van der Waals surface area contributed by atoms with Gasteiger partial charge in [0.15, 0.2) is 5.43 Å². The molecule has 110 valence electrons. The Morgan fingerprint density at radius 2 is 2.05 bits per heavy atom. The standard InChI is InChI=1S/C15H16FN3OS/c1-9-19-12-7-13(18-4-2-17-3-5-18)11(16)6-10(12)14(20)8-15(19)21-9/h6-9,17H,2-5H2,1H3. The zero-order valence-electron chi connectivity index (χ0n) is 11.7. The van der Waals surface area contributed by atoms with E-state index in [1.807, 2.05) is 11.0 Å². The van der Waals surface area contributed by atoms with Gasteiger partial charge in [-0.15, -0.1) is 0 Å². The molecule has 1 saturated heterocycles. The van der Waals surface area contributed by atoms with Crippen LogP contribution in [0.4, 0.5) is 10.1 Å². The van der Waals surface area contributed by atoms with Crippen molar-refractivity contribution in [3.8, 4) is 0 Å². The summed E-state index contributed by atoms with van der Waals surface area (Å²) in [7, 11) is 0. The molecule has 0 amide bonds. The van der Waals surface area contributed by atoms with Crippen LogP contribution in [0.25, 0.3) is 10.9 Å². The van der Waals surface area contributed by atoms with Gasteiger partial charge in [0.1, 0.15) is 5.82 Å². The fourth-order valence-electron chi connectivity index (χ4n) is 3.12. The molecule has 4 nitrogen and oxygen atoms in total. The molecule has 1 aromatic carbocycles. The number of nitrogens with zero attached hydrogens (tertiary/aromatic N) is 2. The third kappa shape index (κ3) is 1.97. The number of hydrogen-bond donors (Lipinski definition) is 1. The minimum atomic E-state index is -0.304. The van der Waals surface area contributed by atoms with E-state index in [4.69, 9.17) is 0 Å². The van der Waals surface area contributed by atoms with Crippen molar-refractivity contribution >= 4 is 28.4 Å². The molecule has 6 heteroatoms. The second kappa shape index (κ2) is 4.74. The maximum atomic E-state index is 14.4. The molecule has 0 bridgehead atoms. The van der Waals surface area contributed by atoms with E-state index in [-0.39, 0.29) is 11.2 Å². The minimum Gasteiger partial charge on any atom is -0.367 e. The molecule has 1 aromatic heterocycles. The van der Waals surface area contributed by atoms with Crippen molar-refractivity contribution in [3.63, 3.8) is 0 Å². The molecule has 0 spiro atoms. The quantitative estimate of drug-likeness (QED) is 0.876. The van der Waals surface area contributed by atoms with Gasteiger partial charge < -0.3 is 14.8 Å². The Kier molecular flexibility index (Phi) is 2.97. The molecular weight excluding hydrogens is 289 g/mol. The predicted molar refractivity (Wildman–Crippen MR) is 83.8 cm³/mol. The maximum absolute atomic E-state index is 14.4. The summed E-state index contributed by atoms with van der Waals surface area (Å²) in [4.78, 5) is 14.2. The van der Waals surface area contributed by atoms with Crippen LogP contribution in [0.3, 0.4) is 0 Å². The fraction of sp³-hybridized carbons (Fsp3) is 0.400. The van der Waals surface area contributed by atoms with E-state index in [0.717, 1.165) is 36.7 Å². The van der Waals surface area contributed by atoms with Gasteiger partial charge in [-0.3, -0.25) is 4.79 Å². The lowest BCUT2D eigenvalue weighted by Gasteiger charge is -2.33. The topological polar surface area (TPSA) is 37.3 Å². The first-order valence-electron chi connectivity index (χ1n) is 7.16. The molecule has 0 radical (unpaired) electrons. The van der Waals surface area contributed by atoms with Gasteiger partial charge in [-0.2, -0.15) is 0 Å². The van der Waals surface area contributed by atoms with Crippen LogP contribution < -0.4 is 15.6 Å². The number of pyridine rings is 1. The molecular formula is C15H16FN3OS. The molecule has 2 aliphatic rings. The monoisotopic (exact) mass is 305 g/mol. The van der Waals surface area contributed by atoms with Crippen LogP contribution in [0.15, 0.2) is 28.0 Å². The number of anilines is 1. The van der Waals surface area contributed by atoms with E-state index in [1.165, 1.54) is 6.07 Å². The normalized spacial score (nSPS) is 21.2. The van der Waals surface area contributed by atoms with Crippen LogP contribution in [0, 0.1) is 5.82 Å². The van der Waals surface area contributed by atoms with Crippen molar-refractivity contribution in [1.29, 1.82) is 0 Å². The molecule has 1 fully saturated rings.